The minimum atomic E-state index is -4.13. The van der Waals surface area contributed by atoms with E-state index in [1.165, 1.54) is 48.5 Å². The number of rotatable bonds is 6. The van der Waals surface area contributed by atoms with Crippen LogP contribution in [-0.2, 0) is 26.8 Å². The molecule has 0 spiro atoms. The van der Waals surface area contributed by atoms with Gasteiger partial charge in [-0.1, -0.05) is 34.8 Å². The average molecular weight is 577 g/mol. The monoisotopic (exact) mass is 575 g/mol. The Hall–Kier alpha value is -2.21. The highest BCUT2D eigenvalue weighted by Gasteiger charge is 2.20. The van der Waals surface area contributed by atoms with Crippen molar-refractivity contribution < 1.29 is 12.6 Å². The summed E-state index contributed by atoms with van der Waals surface area (Å²) in [6.45, 7) is 0. The van der Waals surface area contributed by atoms with Gasteiger partial charge in [-0.25, -0.2) is 12.6 Å². The van der Waals surface area contributed by atoms with Crippen molar-refractivity contribution >= 4 is 94.2 Å². The summed E-state index contributed by atoms with van der Waals surface area (Å²) in [7, 11) is -5.60. The van der Waals surface area contributed by atoms with Crippen molar-refractivity contribution in [1.82, 2.24) is 3.96 Å². The second-order valence-electron chi connectivity index (χ2n) is 7.23. The average Bonchev–Trinajstić information content (AvgIpc) is 3.02. The van der Waals surface area contributed by atoms with E-state index in [0.29, 0.717) is 10.9 Å². The number of halogens is 3. The van der Waals surface area contributed by atoms with Crippen molar-refractivity contribution in [1.29, 1.82) is 0 Å². The topological polar surface area (TPSA) is 97.3 Å². The highest BCUT2D eigenvalue weighted by molar-refractivity contribution is 8.01. The molecule has 0 bridgehead atoms. The Bertz CT molecular complexity index is 1690. The van der Waals surface area contributed by atoms with Gasteiger partial charge < -0.3 is 4.72 Å². The van der Waals surface area contributed by atoms with Crippen LogP contribution in [0, 0.1) is 0 Å². The van der Waals surface area contributed by atoms with Gasteiger partial charge in [0.15, 0.2) is 0 Å². The number of nitrogens with zero attached hydrogens (tertiary/aromatic N) is 1. The van der Waals surface area contributed by atoms with Gasteiger partial charge in [0.2, 0.25) is 0 Å². The maximum absolute atomic E-state index is 13.3. The summed E-state index contributed by atoms with van der Waals surface area (Å²) in [6.07, 6.45) is 0. The van der Waals surface area contributed by atoms with Gasteiger partial charge >= 0.3 is 0 Å². The van der Waals surface area contributed by atoms with Crippen LogP contribution >= 0.6 is 46.3 Å². The van der Waals surface area contributed by atoms with E-state index in [1.54, 1.807) is 17.1 Å². The molecule has 34 heavy (non-hydrogen) atoms. The lowest BCUT2D eigenvalue weighted by Gasteiger charge is -2.18. The molecule has 13 heteroatoms. The molecule has 0 saturated heterocycles. The number of benzene rings is 3. The lowest BCUT2D eigenvalue weighted by Crippen LogP contribution is -2.17. The third kappa shape index (κ3) is 5.07. The number of nitrogens with one attached hydrogen (secondary N) is 2. The molecular formula is C21H16Cl3N3O4S3. The van der Waals surface area contributed by atoms with Crippen LogP contribution in [0.25, 0.3) is 10.9 Å². The summed E-state index contributed by atoms with van der Waals surface area (Å²) in [5, 5.41) is 1.07. The zero-order chi connectivity index (χ0) is 24.8. The first-order chi connectivity index (χ1) is 15.9. The standard InChI is InChI=1S/C21H16Cl3N3O4S3/c1-27-20-6-4-15(11-17(20)21(28)32-27)34(30,31)26-19-10-12(22)3-5-18(19)25-33(2,29)16-8-13(23)7-14(24)9-16/h3-11,26H,2H2,1H3,(H,25,29). The van der Waals surface area contributed by atoms with Crippen molar-refractivity contribution in [3.63, 3.8) is 0 Å². The van der Waals surface area contributed by atoms with Crippen LogP contribution in [0.15, 0.2) is 69.2 Å². The van der Waals surface area contributed by atoms with E-state index in [9.17, 15) is 17.4 Å². The van der Waals surface area contributed by atoms with E-state index in [1.807, 2.05) is 0 Å². The zero-order valence-corrected chi connectivity index (χ0v) is 22.1. The molecule has 0 aliphatic heterocycles. The van der Waals surface area contributed by atoms with Gasteiger partial charge in [0.25, 0.3) is 14.8 Å². The largest absolute Gasteiger partial charge is 0.307 e. The molecule has 0 aliphatic carbocycles. The van der Waals surface area contributed by atoms with Crippen molar-refractivity contribution in [2.45, 2.75) is 9.79 Å². The van der Waals surface area contributed by atoms with Crippen molar-refractivity contribution in [2.24, 2.45) is 7.05 Å². The maximum atomic E-state index is 13.3. The molecule has 0 saturated carbocycles. The van der Waals surface area contributed by atoms with E-state index >= 15 is 0 Å². The molecular weight excluding hydrogens is 561 g/mol. The Morgan fingerprint density at radius 2 is 1.50 bits per heavy atom. The van der Waals surface area contributed by atoms with E-state index < -0.39 is 19.7 Å². The quantitative estimate of drug-likeness (QED) is 0.298. The lowest BCUT2D eigenvalue weighted by molar-refractivity contribution is 0.601. The second kappa shape index (κ2) is 9.10. The van der Waals surface area contributed by atoms with Crippen LogP contribution in [0.4, 0.5) is 11.4 Å². The normalized spacial score (nSPS) is 13.5. The summed E-state index contributed by atoms with van der Waals surface area (Å²) in [6, 6.07) is 13.0. The molecule has 1 unspecified atom stereocenters. The minimum Gasteiger partial charge on any atom is -0.307 e. The highest BCUT2D eigenvalue weighted by Crippen LogP contribution is 2.32. The number of aromatic nitrogens is 1. The predicted molar refractivity (Wildman–Crippen MR) is 143 cm³/mol. The van der Waals surface area contributed by atoms with Crippen LogP contribution in [0.1, 0.15) is 0 Å². The molecule has 0 fully saturated rings. The van der Waals surface area contributed by atoms with Crippen LogP contribution in [0.3, 0.4) is 0 Å². The number of aryl methyl sites for hydroxylation is 1. The zero-order valence-electron chi connectivity index (χ0n) is 17.3. The Morgan fingerprint density at radius 1 is 0.824 bits per heavy atom. The molecule has 4 aromatic rings. The van der Waals surface area contributed by atoms with Gasteiger partial charge in [-0.2, -0.15) is 0 Å². The van der Waals surface area contributed by atoms with Crippen LogP contribution in [0.2, 0.25) is 15.1 Å². The third-order valence-corrected chi connectivity index (χ3v) is 9.21. The summed E-state index contributed by atoms with van der Waals surface area (Å²) in [5.41, 5.74) is 0.822. The Morgan fingerprint density at radius 3 is 2.18 bits per heavy atom. The van der Waals surface area contributed by atoms with Gasteiger partial charge in [0.1, 0.15) is 0 Å². The summed E-state index contributed by atoms with van der Waals surface area (Å²) in [5.74, 6) is 3.74. The van der Waals surface area contributed by atoms with Gasteiger partial charge in [-0.05, 0) is 72.0 Å². The fraction of sp³-hybridized carbons (Fsp3) is 0.0476. The first-order valence-electron chi connectivity index (χ1n) is 9.39. The van der Waals surface area contributed by atoms with E-state index in [0.717, 1.165) is 11.5 Å². The highest BCUT2D eigenvalue weighted by atomic mass is 35.5. The number of hydrogen-bond acceptors (Lipinski definition) is 5. The molecule has 0 aliphatic rings. The van der Waals surface area contributed by atoms with E-state index in [-0.39, 0.29) is 41.0 Å². The van der Waals surface area contributed by atoms with Crippen molar-refractivity contribution in [2.75, 3.05) is 9.44 Å². The van der Waals surface area contributed by atoms with Crippen LogP contribution in [-0.4, -0.2) is 22.5 Å². The van der Waals surface area contributed by atoms with Gasteiger partial charge in [0.05, 0.1) is 41.8 Å². The number of fused-ring (bicyclic) bond motifs is 1. The Balaban J connectivity index is 1.72. The molecule has 0 radical (unpaired) electrons. The number of sulfonamides is 1. The summed E-state index contributed by atoms with van der Waals surface area (Å²) in [4.78, 5) is 12.3. The molecule has 178 valence electrons. The molecule has 2 N–H and O–H groups in total. The van der Waals surface area contributed by atoms with Crippen LogP contribution in [0.5, 0.6) is 0 Å². The first kappa shape index (κ1) is 24.9. The SMILES string of the molecule is C=S(=O)(Nc1ccc(Cl)cc1NS(=O)(=O)c1ccc2c(c1)c(=O)sn2C)c1cc(Cl)cc(Cl)c1. The van der Waals surface area contributed by atoms with Gasteiger partial charge in [0, 0.05) is 22.1 Å². The smallest absolute Gasteiger partial charge is 0.261 e. The Kier molecular flexibility index (Phi) is 6.67. The molecule has 1 aromatic heterocycles. The second-order valence-corrected chi connectivity index (χ2v) is 13.4. The fourth-order valence-corrected chi connectivity index (χ4v) is 7.17. The molecule has 3 aromatic carbocycles. The maximum Gasteiger partial charge on any atom is 0.261 e. The molecule has 0 amide bonds. The van der Waals surface area contributed by atoms with Gasteiger partial charge in [-0.15, -0.1) is 0 Å². The lowest BCUT2D eigenvalue weighted by atomic mass is 10.2. The number of anilines is 2. The molecule has 1 atom stereocenters. The predicted octanol–water partition coefficient (Wildman–Crippen LogP) is 5.46. The first-order valence-corrected chi connectivity index (χ1v) is 14.5. The molecule has 7 nitrogen and oxygen atoms in total. The fourth-order valence-electron chi connectivity index (χ4n) is 3.19. The van der Waals surface area contributed by atoms with Crippen molar-refractivity contribution in [3.05, 3.63) is 79.2 Å². The molecule has 1 heterocycles. The van der Waals surface area contributed by atoms with Crippen LogP contribution < -0.4 is 14.2 Å². The minimum absolute atomic E-state index is 0.0373. The van der Waals surface area contributed by atoms with Gasteiger partial charge in [-0.3, -0.25) is 13.5 Å². The Labute approximate surface area is 215 Å². The summed E-state index contributed by atoms with van der Waals surface area (Å²) < 4.78 is 46.2. The number of hydrogen-bond donors (Lipinski definition) is 2. The van der Waals surface area contributed by atoms with E-state index in [2.05, 4.69) is 15.3 Å². The third-order valence-electron chi connectivity index (χ3n) is 4.77. The summed E-state index contributed by atoms with van der Waals surface area (Å²) >= 11 is 19.1. The molecule has 4 rings (SSSR count). The van der Waals surface area contributed by atoms with E-state index in [4.69, 9.17) is 34.8 Å². The van der Waals surface area contributed by atoms with Crippen molar-refractivity contribution in [3.8, 4) is 0 Å².